The molecule has 0 heterocycles. The smallest absolute Gasteiger partial charge is 0.411 e. The predicted molar refractivity (Wildman–Crippen MR) is 84.8 cm³/mol. The molecule has 1 rings (SSSR count). The number of nitrogens with one attached hydrogen (secondary N) is 1. The van der Waals surface area contributed by atoms with Crippen molar-refractivity contribution in [3.63, 3.8) is 0 Å². The molecule has 0 atom stereocenters. The number of allylic oxidation sites excluding steroid dienone is 1. The molecular weight excluding hydrogens is 329 g/mol. The van der Waals surface area contributed by atoms with Gasteiger partial charge in [-0.15, -0.1) is 0 Å². The van der Waals surface area contributed by atoms with Crippen LogP contribution in [-0.4, -0.2) is 18.7 Å². The molecule has 120 valence electrons. The number of ether oxygens (including phenoxy) is 2. The third kappa shape index (κ3) is 6.37. The van der Waals surface area contributed by atoms with Crippen molar-refractivity contribution in [2.45, 2.75) is 26.9 Å². The first-order chi connectivity index (χ1) is 10.5. The summed E-state index contributed by atoms with van der Waals surface area (Å²) < 4.78 is 9.83. The van der Waals surface area contributed by atoms with Crippen LogP contribution in [0.15, 0.2) is 30.0 Å². The molecule has 1 N–H and O–H groups in total. The molecule has 0 saturated heterocycles. The van der Waals surface area contributed by atoms with Gasteiger partial charge in [-0.05, 0) is 31.0 Å². The summed E-state index contributed by atoms with van der Waals surface area (Å²) in [7, 11) is 0. The van der Waals surface area contributed by atoms with E-state index in [4.69, 9.17) is 32.7 Å². The number of carbonyl (C=O) groups is 2. The van der Waals surface area contributed by atoms with Crippen LogP contribution < -0.4 is 5.32 Å². The lowest BCUT2D eigenvalue weighted by Crippen LogP contribution is -2.24. The van der Waals surface area contributed by atoms with E-state index in [1.54, 1.807) is 32.0 Å². The lowest BCUT2D eigenvalue weighted by atomic mass is 10.2. The van der Waals surface area contributed by atoms with Gasteiger partial charge in [-0.1, -0.05) is 36.2 Å². The third-order valence-corrected chi connectivity index (χ3v) is 3.32. The van der Waals surface area contributed by atoms with Gasteiger partial charge in [0.1, 0.15) is 6.61 Å². The second kappa shape index (κ2) is 9.33. The minimum absolute atomic E-state index is 0.0408. The molecule has 0 aliphatic carbocycles. The van der Waals surface area contributed by atoms with Gasteiger partial charge in [-0.2, -0.15) is 0 Å². The molecule has 22 heavy (non-hydrogen) atoms. The fourth-order valence-electron chi connectivity index (χ4n) is 1.50. The van der Waals surface area contributed by atoms with E-state index in [1.165, 1.54) is 6.08 Å². The molecule has 1 aromatic rings. The van der Waals surface area contributed by atoms with E-state index in [0.29, 0.717) is 27.7 Å². The SMILES string of the molecule is CCOC(=O)/C=C(/CC)NC(=O)OCc1ccc(Cl)c(Cl)c1. The van der Waals surface area contributed by atoms with Gasteiger partial charge in [0, 0.05) is 11.8 Å². The average molecular weight is 346 g/mol. The van der Waals surface area contributed by atoms with Crippen LogP contribution in [0, 0.1) is 0 Å². The van der Waals surface area contributed by atoms with Crippen LogP contribution >= 0.6 is 23.2 Å². The minimum atomic E-state index is -0.663. The highest BCUT2D eigenvalue weighted by Gasteiger charge is 2.08. The Bertz CT molecular complexity index is 573. The summed E-state index contributed by atoms with van der Waals surface area (Å²) in [5.74, 6) is -0.510. The van der Waals surface area contributed by atoms with E-state index in [2.05, 4.69) is 5.32 Å². The Kier molecular flexibility index (Phi) is 7.77. The highest BCUT2D eigenvalue weighted by Crippen LogP contribution is 2.22. The Labute approximate surface area is 139 Å². The number of halogens is 2. The normalized spacial score (nSPS) is 11.0. The van der Waals surface area contributed by atoms with Crippen molar-refractivity contribution in [3.8, 4) is 0 Å². The Morgan fingerprint density at radius 3 is 2.50 bits per heavy atom. The number of rotatable bonds is 6. The zero-order valence-corrected chi connectivity index (χ0v) is 13.8. The van der Waals surface area contributed by atoms with Crippen molar-refractivity contribution < 1.29 is 19.1 Å². The van der Waals surface area contributed by atoms with E-state index in [-0.39, 0.29) is 13.2 Å². The van der Waals surface area contributed by atoms with Crippen molar-refractivity contribution in [2.24, 2.45) is 0 Å². The van der Waals surface area contributed by atoms with Gasteiger partial charge in [0.05, 0.1) is 16.7 Å². The molecule has 0 bridgehead atoms. The number of esters is 1. The van der Waals surface area contributed by atoms with Gasteiger partial charge in [-0.3, -0.25) is 5.32 Å². The summed E-state index contributed by atoms with van der Waals surface area (Å²) >= 11 is 11.7. The molecule has 1 amide bonds. The van der Waals surface area contributed by atoms with Gasteiger partial charge in [0.25, 0.3) is 0 Å². The van der Waals surface area contributed by atoms with Crippen LogP contribution in [-0.2, 0) is 20.9 Å². The van der Waals surface area contributed by atoms with Crippen molar-refractivity contribution in [1.82, 2.24) is 5.32 Å². The van der Waals surface area contributed by atoms with Gasteiger partial charge >= 0.3 is 12.1 Å². The Balaban J connectivity index is 2.54. The maximum Gasteiger partial charge on any atom is 0.411 e. The fraction of sp³-hybridized carbons (Fsp3) is 0.333. The third-order valence-electron chi connectivity index (χ3n) is 2.58. The zero-order chi connectivity index (χ0) is 16.5. The molecule has 0 aromatic heterocycles. The quantitative estimate of drug-likeness (QED) is 0.623. The standard InChI is InChI=1S/C15H17Cl2NO4/c1-3-11(8-14(19)21-4-2)18-15(20)22-9-10-5-6-12(16)13(17)7-10/h5-8H,3-4,9H2,1-2H3,(H,18,20)/b11-8-. The van der Waals surface area contributed by atoms with Crippen molar-refractivity contribution in [3.05, 3.63) is 45.6 Å². The van der Waals surface area contributed by atoms with E-state index in [9.17, 15) is 9.59 Å². The lowest BCUT2D eigenvalue weighted by Gasteiger charge is -2.09. The number of carbonyl (C=O) groups excluding carboxylic acids is 2. The molecule has 0 saturated carbocycles. The highest BCUT2D eigenvalue weighted by molar-refractivity contribution is 6.42. The first-order valence-corrected chi connectivity index (χ1v) is 7.46. The average Bonchev–Trinajstić information content (AvgIpc) is 2.48. The Morgan fingerprint density at radius 1 is 1.18 bits per heavy atom. The molecule has 0 unspecified atom stereocenters. The maximum atomic E-state index is 11.7. The summed E-state index contributed by atoms with van der Waals surface area (Å²) in [6, 6.07) is 4.95. The van der Waals surface area contributed by atoms with E-state index in [0.717, 1.165) is 0 Å². The minimum Gasteiger partial charge on any atom is -0.463 e. The van der Waals surface area contributed by atoms with Crippen LogP contribution in [0.4, 0.5) is 4.79 Å². The topological polar surface area (TPSA) is 64.6 Å². The zero-order valence-electron chi connectivity index (χ0n) is 12.3. The van der Waals surface area contributed by atoms with Crippen LogP contribution in [0.1, 0.15) is 25.8 Å². The first-order valence-electron chi connectivity index (χ1n) is 6.71. The Morgan fingerprint density at radius 2 is 1.91 bits per heavy atom. The number of hydrogen-bond acceptors (Lipinski definition) is 4. The second-order valence-corrected chi connectivity index (χ2v) is 5.04. The molecule has 0 fully saturated rings. The van der Waals surface area contributed by atoms with Gasteiger partial charge in [0.15, 0.2) is 0 Å². The summed E-state index contributed by atoms with van der Waals surface area (Å²) in [6.07, 6.45) is 1.02. The van der Waals surface area contributed by atoms with Crippen molar-refractivity contribution >= 4 is 35.3 Å². The monoisotopic (exact) mass is 345 g/mol. The van der Waals surface area contributed by atoms with Crippen molar-refractivity contribution in [2.75, 3.05) is 6.61 Å². The van der Waals surface area contributed by atoms with E-state index >= 15 is 0 Å². The highest BCUT2D eigenvalue weighted by atomic mass is 35.5. The largest absolute Gasteiger partial charge is 0.463 e. The molecule has 0 radical (unpaired) electrons. The molecule has 5 nitrogen and oxygen atoms in total. The van der Waals surface area contributed by atoms with Crippen LogP contribution in [0.3, 0.4) is 0 Å². The van der Waals surface area contributed by atoms with Gasteiger partial charge in [0.2, 0.25) is 0 Å². The Hall–Kier alpha value is -1.72. The van der Waals surface area contributed by atoms with E-state index < -0.39 is 12.1 Å². The van der Waals surface area contributed by atoms with Crippen LogP contribution in [0.25, 0.3) is 0 Å². The number of amides is 1. The lowest BCUT2D eigenvalue weighted by molar-refractivity contribution is -0.137. The molecule has 0 aliphatic heterocycles. The summed E-state index contributed by atoms with van der Waals surface area (Å²) in [5, 5.41) is 3.31. The predicted octanol–water partition coefficient (Wildman–Crippen LogP) is 4.08. The van der Waals surface area contributed by atoms with Crippen LogP contribution in [0.5, 0.6) is 0 Å². The number of benzene rings is 1. The summed E-state index contributed by atoms with van der Waals surface area (Å²) in [4.78, 5) is 23.0. The summed E-state index contributed by atoms with van der Waals surface area (Å²) in [5.41, 5.74) is 1.12. The molecule has 7 heteroatoms. The molecule has 1 aromatic carbocycles. The molecule has 0 spiro atoms. The number of alkyl carbamates (subject to hydrolysis) is 1. The fourth-order valence-corrected chi connectivity index (χ4v) is 1.82. The number of hydrogen-bond donors (Lipinski definition) is 1. The van der Waals surface area contributed by atoms with Crippen LogP contribution in [0.2, 0.25) is 10.0 Å². The second-order valence-electron chi connectivity index (χ2n) is 4.22. The molecular formula is C15H17Cl2NO4. The van der Waals surface area contributed by atoms with Crippen molar-refractivity contribution in [1.29, 1.82) is 0 Å². The molecule has 0 aliphatic rings. The summed E-state index contributed by atoms with van der Waals surface area (Å²) in [6.45, 7) is 3.81. The first kappa shape index (κ1) is 18.3. The van der Waals surface area contributed by atoms with Gasteiger partial charge < -0.3 is 9.47 Å². The van der Waals surface area contributed by atoms with Gasteiger partial charge in [-0.25, -0.2) is 9.59 Å². The maximum absolute atomic E-state index is 11.7. The van der Waals surface area contributed by atoms with E-state index in [1.807, 2.05) is 0 Å².